The van der Waals surface area contributed by atoms with Gasteiger partial charge < -0.3 is 18.9 Å². The van der Waals surface area contributed by atoms with E-state index in [2.05, 4.69) is 0 Å². The van der Waals surface area contributed by atoms with Gasteiger partial charge in [-0.1, -0.05) is 17.7 Å². The van der Waals surface area contributed by atoms with Crippen molar-refractivity contribution < 1.29 is 27.4 Å². The highest BCUT2D eigenvalue weighted by Gasteiger charge is 2.34. The summed E-state index contributed by atoms with van der Waals surface area (Å²) in [5.41, 5.74) is -1.07. The van der Waals surface area contributed by atoms with Gasteiger partial charge in [-0.15, -0.1) is 0 Å². The number of ether oxygens (including phenoxy) is 2. The van der Waals surface area contributed by atoms with Crippen LogP contribution in [0.2, 0.25) is 5.02 Å². The van der Waals surface area contributed by atoms with Crippen LogP contribution in [0.3, 0.4) is 0 Å². The summed E-state index contributed by atoms with van der Waals surface area (Å²) in [6, 6.07) is 5.75. The molecule has 2 aromatic rings. The highest BCUT2D eigenvalue weighted by molar-refractivity contribution is 6.30. The Balaban J connectivity index is 1.58. The van der Waals surface area contributed by atoms with Crippen LogP contribution in [-0.4, -0.2) is 35.1 Å². The first-order chi connectivity index (χ1) is 14.2. The molecule has 160 valence electrons. The number of carbonyl (C=O) groups is 1. The molecule has 3 heterocycles. The number of amides is 1. The molecule has 0 aliphatic carbocycles. The number of likely N-dealkylation sites (tertiary alicyclic amines) is 1. The molecule has 1 saturated heterocycles. The molecule has 6 nitrogen and oxygen atoms in total. The van der Waals surface area contributed by atoms with Gasteiger partial charge in [0.2, 0.25) is 5.91 Å². The Hall–Kier alpha value is -2.68. The lowest BCUT2D eigenvalue weighted by Gasteiger charge is -2.27. The van der Waals surface area contributed by atoms with Gasteiger partial charge in [-0.25, -0.2) is 0 Å². The quantitative estimate of drug-likeness (QED) is 0.728. The van der Waals surface area contributed by atoms with Crippen LogP contribution in [0, 0.1) is 0 Å². The zero-order valence-corrected chi connectivity index (χ0v) is 16.5. The SMILES string of the molecule is O=C(Cn1cc(C(F)(F)F)cc(Cl)c1=O)N1CCC[C@@H]1c1ccc2c(c1)OCCO2. The van der Waals surface area contributed by atoms with Crippen molar-refractivity contribution in [3.63, 3.8) is 0 Å². The molecule has 1 amide bonds. The summed E-state index contributed by atoms with van der Waals surface area (Å²) in [7, 11) is 0. The summed E-state index contributed by atoms with van der Waals surface area (Å²) in [5, 5.41) is -0.581. The van der Waals surface area contributed by atoms with Crippen molar-refractivity contribution in [1.29, 1.82) is 0 Å². The maximum absolute atomic E-state index is 13.0. The van der Waals surface area contributed by atoms with Crippen LogP contribution in [0.4, 0.5) is 13.2 Å². The Bertz CT molecular complexity index is 1040. The van der Waals surface area contributed by atoms with Gasteiger partial charge in [0.15, 0.2) is 11.5 Å². The van der Waals surface area contributed by atoms with E-state index in [1.54, 1.807) is 11.0 Å². The van der Waals surface area contributed by atoms with E-state index >= 15 is 0 Å². The van der Waals surface area contributed by atoms with Gasteiger partial charge in [-0.05, 0) is 36.6 Å². The van der Waals surface area contributed by atoms with E-state index in [9.17, 15) is 22.8 Å². The fourth-order valence-electron chi connectivity index (χ4n) is 3.79. The third-order valence-electron chi connectivity index (χ3n) is 5.20. The van der Waals surface area contributed by atoms with E-state index in [0.717, 1.165) is 12.0 Å². The summed E-state index contributed by atoms with van der Waals surface area (Å²) in [6.07, 6.45) is -2.61. The topological polar surface area (TPSA) is 60.8 Å². The van der Waals surface area contributed by atoms with Crippen molar-refractivity contribution in [2.75, 3.05) is 19.8 Å². The minimum Gasteiger partial charge on any atom is -0.486 e. The molecule has 1 aromatic carbocycles. The number of rotatable bonds is 3. The Morgan fingerprint density at radius 2 is 1.90 bits per heavy atom. The molecule has 0 unspecified atom stereocenters. The molecule has 0 radical (unpaired) electrons. The van der Waals surface area contributed by atoms with Crippen molar-refractivity contribution in [3.8, 4) is 11.5 Å². The van der Waals surface area contributed by atoms with Gasteiger partial charge in [-0.2, -0.15) is 13.2 Å². The second-order valence-corrected chi connectivity index (χ2v) is 7.56. The molecule has 0 bridgehead atoms. The van der Waals surface area contributed by atoms with E-state index in [1.165, 1.54) is 0 Å². The standard InChI is InChI=1S/C20H18ClF3N2O4/c21-14-9-13(20(22,23)24)10-25(19(14)28)11-18(27)26-5-1-2-15(26)12-3-4-16-17(8-12)30-7-6-29-16/h3-4,8-10,15H,1-2,5-7,11H2/t15-/m1/s1. The first-order valence-electron chi connectivity index (χ1n) is 9.40. The molecule has 30 heavy (non-hydrogen) atoms. The minimum atomic E-state index is -4.68. The number of fused-ring (bicyclic) bond motifs is 1. The van der Waals surface area contributed by atoms with E-state index < -0.39 is 34.8 Å². The number of benzene rings is 1. The number of aromatic nitrogens is 1. The second kappa shape index (κ2) is 7.86. The number of alkyl halides is 3. The third-order valence-corrected chi connectivity index (χ3v) is 5.47. The number of halogens is 4. The molecular weight excluding hydrogens is 425 g/mol. The number of pyridine rings is 1. The number of carbonyl (C=O) groups excluding carboxylic acids is 1. The first-order valence-corrected chi connectivity index (χ1v) is 9.78. The van der Waals surface area contributed by atoms with Crippen LogP contribution in [0.1, 0.15) is 30.0 Å². The van der Waals surface area contributed by atoms with Gasteiger partial charge in [0.05, 0.1) is 11.6 Å². The molecule has 1 atom stereocenters. The smallest absolute Gasteiger partial charge is 0.417 e. The summed E-state index contributed by atoms with van der Waals surface area (Å²) in [4.78, 5) is 26.6. The lowest BCUT2D eigenvalue weighted by atomic mass is 10.0. The van der Waals surface area contributed by atoms with Crippen LogP contribution in [0.5, 0.6) is 11.5 Å². The highest BCUT2D eigenvalue weighted by Crippen LogP contribution is 2.38. The molecule has 4 rings (SSSR count). The van der Waals surface area contributed by atoms with Crippen molar-refractivity contribution in [2.45, 2.75) is 31.6 Å². The van der Waals surface area contributed by atoms with Crippen LogP contribution in [0.25, 0.3) is 0 Å². The summed E-state index contributed by atoms with van der Waals surface area (Å²) < 4.78 is 51.0. The van der Waals surface area contributed by atoms with Crippen molar-refractivity contribution in [2.24, 2.45) is 0 Å². The lowest BCUT2D eigenvalue weighted by molar-refractivity contribution is -0.139. The molecule has 2 aliphatic heterocycles. The minimum absolute atomic E-state index is 0.259. The summed E-state index contributed by atoms with van der Waals surface area (Å²) >= 11 is 5.68. The van der Waals surface area contributed by atoms with Gasteiger partial charge in [0.25, 0.3) is 5.56 Å². The van der Waals surface area contributed by atoms with Crippen molar-refractivity contribution in [1.82, 2.24) is 9.47 Å². The zero-order valence-electron chi connectivity index (χ0n) is 15.7. The predicted octanol–water partition coefficient (Wildman–Crippen LogP) is 3.66. The average molecular weight is 443 g/mol. The van der Waals surface area contributed by atoms with Gasteiger partial charge in [0, 0.05) is 12.7 Å². The molecule has 10 heteroatoms. The fourth-order valence-corrected chi connectivity index (χ4v) is 4.01. The van der Waals surface area contributed by atoms with Crippen LogP contribution in [-0.2, 0) is 17.5 Å². The number of hydrogen-bond donors (Lipinski definition) is 0. The molecule has 0 N–H and O–H groups in total. The lowest BCUT2D eigenvalue weighted by Crippen LogP contribution is -2.36. The average Bonchev–Trinajstić information content (AvgIpc) is 3.20. The van der Waals surface area contributed by atoms with Gasteiger partial charge >= 0.3 is 6.18 Å². The van der Waals surface area contributed by atoms with E-state index in [4.69, 9.17) is 21.1 Å². The Morgan fingerprint density at radius 1 is 1.17 bits per heavy atom. The molecule has 2 aliphatic rings. The normalized spacial score (nSPS) is 18.5. The Kier molecular flexibility index (Phi) is 5.40. The molecular formula is C20H18ClF3N2O4. The van der Waals surface area contributed by atoms with Crippen molar-refractivity contribution in [3.05, 3.63) is 57.0 Å². The second-order valence-electron chi connectivity index (χ2n) is 7.16. The maximum Gasteiger partial charge on any atom is 0.417 e. The zero-order chi connectivity index (χ0) is 21.5. The van der Waals surface area contributed by atoms with Crippen LogP contribution in [0.15, 0.2) is 35.3 Å². The maximum atomic E-state index is 13.0. The van der Waals surface area contributed by atoms with E-state index in [-0.39, 0.29) is 6.04 Å². The predicted molar refractivity (Wildman–Crippen MR) is 102 cm³/mol. The Morgan fingerprint density at radius 3 is 2.63 bits per heavy atom. The van der Waals surface area contributed by atoms with Crippen LogP contribution < -0.4 is 15.0 Å². The number of hydrogen-bond acceptors (Lipinski definition) is 4. The molecule has 0 saturated carbocycles. The molecule has 1 aromatic heterocycles. The molecule has 1 fully saturated rings. The third kappa shape index (κ3) is 3.98. The Labute approximate surface area is 174 Å². The highest BCUT2D eigenvalue weighted by atomic mass is 35.5. The monoisotopic (exact) mass is 442 g/mol. The largest absolute Gasteiger partial charge is 0.486 e. The summed E-state index contributed by atoms with van der Waals surface area (Å²) in [5.74, 6) is 0.773. The number of nitrogens with zero attached hydrogens (tertiary/aromatic N) is 2. The fraction of sp³-hybridized carbons (Fsp3) is 0.400. The van der Waals surface area contributed by atoms with Gasteiger partial charge in [0.1, 0.15) is 24.8 Å². The van der Waals surface area contributed by atoms with Crippen LogP contribution >= 0.6 is 11.6 Å². The van der Waals surface area contributed by atoms with E-state index in [1.807, 2.05) is 12.1 Å². The molecule has 0 spiro atoms. The van der Waals surface area contributed by atoms with Crippen molar-refractivity contribution >= 4 is 17.5 Å². The first kappa shape index (κ1) is 20.6. The van der Waals surface area contributed by atoms with Gasteiger partial charge in [-0.3, -0.25) is 9.59 Å². The summed E-state index contributed by atoms with van der Waals surface area (Å²) in [6.45, 7) is 0.820. The van der Waals surface area contributed by atoms with E-state index in [0.29, 0.717) is 54.5 Å².